The van der Waals surface area contributed by atoms with Crippen molar-refractivity contribution in [2.45, 2.75) is 26.3 Å². The van der Waals surface area contributed by atoms with Crippen molar-refractivity contribution in [1.82, 2.24) is 4.90 Å². The summed E-state index contributed by atoms with van der Waals surface area (Å²) in [6.07, 6.45) is 2.33. The van der Waals surface area contributed by atoms with E-state index in [2.05, 4.69) is 18.7 Å². The molecule has 2 N–H and O–H groups in total. The highest BCUT2D eigenvalue weighted by atomic mass is 32.2. The zero-order valence-electron chi connectivity index (χ0n) is 10.2. The standard InChI is InChI=1S/C10H24N2O2S/c1-5-9(2)10(8-11)12(3)6-7-15(4,13)14/h9-10H,5-8,11H2,1-4H3. The maximum Gasteiger partial charge on any atom is 0.148 e. The molecule has 0 aliphatic carbocycles. The third kappa shape index (κ3) is 6.12. The van der Waals surface area contributed by atoms with Crippen molar-refractivity contribution in [3.8, 4) is 0 Å². The van der Waals surface area contributed by atoms with Gasteiger partial charge in [-0.15, -0.1) is 0 Å². The van der Waals surface area contributed by atoms with E-state index in [1.165, 1.54) is 6.26 Å². The molecule has 0 aromatic carbocycles. The summed E-state index contributed by atoms with van der Waals surface area (Å²) < 4.78 is 22.1. The fourth-order valence-corrected chi connectivity index (χ4v) is 2.21. The van der Waals surface area contributed by atoms with E-state index in [-0.39, 0.29) is 11.8 Å². The minimum atomic E-state index is -2.88. The predicted octanol–water partition coefficient (Wildman–Crippen LogP) is 0.336. The Kier molecular flexibility index (Phi) is 6.40. The van der Waals surface area contributed by atoms with Gasteiger partial charge in [0.25, 0.3) is 0 Å². The second-order valence-electron chi connectivity index (χ2n) is 4.30. The molecule has 92 valence electrons. The van der Waals surface area contributed by atoms with E-state index in [1.807, 2.05) is 7.05 Å². The number of hydrogen-bond acceptors (Lipinski definition) is 4. The lowest BCUT2D eigenvalue weighted by Crippen LogP contribution is -2.44. The number of rotatable bonds is 7. The Morgan fingerprint density at radius 2 is 1.93 bits per heavy atom. The number of nitrogens with two attached hydrogens (primary N) is 1. The van der Waals surface area contributed by atoms with Crippen LogP contribution in [0.5, 0.6) is 0 Å². The van der Waals surface area contributed by atoms with Gasteiger partial charge in [0.05, 0.1) is 5.75 Å². The van der Waals surface area contributed by atoms with Gasteiger partial charge in [-0.3, -0.25) is 0 Å². The van der Waals surface area contributed by atoms with Crippen molar-refractivity contribution in [2.24, 2.45) is 11.7 Å². The summed E-state index contributed by atoms with van der Waals surface area (Å²) >= 11 is 0. The van der Waals surface area contributed by atoms with Gasteiger partial charge in [0.1, 0.15) is 9.84 Å². The van der Waals surface area contributed by atoms with Gasteiger partial charge in [-0.25, -0.2) is 8.42 Å². The Hall–Kier alpha value is -0.130. The van der Waals surface area contributed by atoms with Crippen molar-refractivity contribution in [3.63, 3.8) is 0 Å². The third-order valence-electron chi connectivity index (χ3n) is 2.92. The van der Waals surface area contributed by atoms with Gasteiger partial charge in [0.2, 0.25) is 0 Å². The Balaban J connectivity index is 4.22. The number of likely N-dealkylation sites (N-methyl/N-ethyl adjacent to an activating group) is 1. The van der Waals surface area contributed by atoms with Gasteiger partial charge in [-0.1, -0.05) is 20.3 Å². The average Bonchev–Trinajstić information content (AvgIpc) is 2.14. The van der Waals surface area contributed by atoms with E-state index in [9.17, 15) is 8.42 Å². The monoisotopic (exact) mass is 236 g/mol. The minimum Gasteiger partial charge on any atom is -0.329 e. The summed E-state index contributed by atoms with van der Waals surface area (Å²) in [5.74, 6) is 0.704. The molecule has 0 bridgehead atoms. The molecule has 0 aromatic heterocycles. The zero-order chi connectivity index (χ0) is 12.1. The average molecular weight is 236 g/mol. The Labute approximate surface area is 93.7 Å². The quantitative estimate of drug-likeness (QED) is 0.692. The molecular formula is C10H24N2O2S. The number of sulfone groups is 1. The molecular weight excluding hydrogens is 212 g/mol. The fourth-order valence-electron chi connectivity index (χ4n) is 1.59. The molecule has 5 heteroatoms. The Bertz CT molecular complexity index is 265. The van der Waals surface area contributed by atoms with Crippen molar-refractivity contribution in [3.05, 3.63) is 0 Å². The second-order valence-corrected chi connectivity index (χ2v) is 6.56. The largest absolute Gasteiger partial charge is 0.329 e. The normalized spacial score (nSPS) is 16.7. The lowest BCUT2D eigenvalue weighted by atomic mass is 9.98. The first-order chi connectivity index (χ1) is 6.81. The van der Waals surface area contributed by atoms with Crippen LogP contribution >= 0.6 is 0 Å². The summed E-state index contributed by atoms with van der Waals surface area (Å²) in [6, 6.07) is 0.275. The van der Waals surface area contributed by atoms with Crippen molar-refractivity contribution >= 4 is 9.84 Å². The van der Waals surface area contributed by atoms with Crippen LogP contribution in [0.15, 0.2) is 0 Å². The summed E-state index contributed by atoms with van der Waals surface area (Å²) in [7, 11) is -0.936. The lowest BCUT2D eigenvalue weighted by molar-refractivity contribution is 0.195. The SMILES string of the molecule is CCC(C)C(CN)N(C)CCS(C)(=O)=O. The molecule has 2 atom stereocenters. The van der Waals surface area contributed by atoms with E-state index in [4.69, 9.17) is 5.73 Å². The van der Waals surface area contributed by atoms with E-state index in [0.717, 1.165) is 6.42 Å². The maximum absolute atomic E-state index is 11.0. The van der Waals surface area contributed by atoms with E-state index >= 15 is 0 Å². The highest BCUT2D eigenvalue weighted by Gasteiger charge is 2.19. The van der Waals surface area contributed by atoms with Gasteiger partial charge in [0, 0.05) is 25.4 Å². The Morgan fingerprint density at radius 1 is 1.40 bits per heavy atom. The van der Waals surface area contributed by atoms with Crippen LogP contribution in [0, 0.1) is 5.92 Å². The van der Waals surface area contributed by atoms with Crippen LogP contribution < -0.4 is 5.73 Å². The summed E-state index contributed by atoms with van der Waals surface area (Å²) in [6.45, 7) is 5.41. The molecule has 15 heavy (non-hydrogen) atoms. The third-order valence-corrected chi connectivity index (χ3v) is 3.85. The summed E-state index contributed by atoms with van der Waals surface area (Å²) in [5, 5.41) is 0. The lowest BCUT2D eigenvalue weighted by Gasteiger charge is -2.31. The first-order valence-corrected chi connectivity index (χ1v) is 7.45. The molecule has 0 aromatic rings. The molecule has 4 nitrogen and oxygen atoms in total. The molecule has 0 saturated heterocycles. The van der Waals surface area contributed by atoms with Crippen LogP contribution in [0.2, 0.25) is 0 Å². The minimum absolute atomic E-state index is 0.205. The number of nitrogens with zero attached hydrogens (tertiary/aromatic N) is 1. The van der Waals surface area contributed by atoms with Gasteiger partial charge < -0.3 is 10.6 Å². The molecule has 0 heterocycles. The highest BCUT2D eigenvalue weighted by Crippen LogP contribution is 2.12. The van der Waals surface area contributed by atoms with Gasteiger partial charge in [0.15, 0.2) is 0 Å². The molecule has 0 amide bonds. The highest BCUT2D eigenvalue weighted by molar-refractivity contribution is 7.90. The molecule has 2 unspecified atom stereocenters. The van der Waals surface area contributed by atoms with Crippen molar-refractivity contribution in [1.29, 1.82) is 0 Å². The molecule has 0 saturated carbocycles. The molecule has 0 radical (unpaired) electrons. The van der Waals surface area contributed by atoms with Crippen LogP contribution in [0.25, 0.3) is 0 Å². The first-order valence-electron chi connectivity index (χ1n) is 5.39. The van der Waals surface area contributed by atoms with Crippen LogP contribution in [0.1, 0.15) is 20.3 Å². The van der Waals surface area contributed by atoms with Gasteiger partial charge in [-0.2, -0.15) is 0 Å². The molecule has 0 spiro atoms. The second kappa shape index (κ2) is 6.45. The maximum atomic E-state index is 11.0. The Morgan fingerprint density at radius 3 is 2.27 bits per heavy atom. The van der Waals surface area contributed by atoms with Crippen LogP contribution in [-0.2, 0) is 9.84 Å². The molecule has 0 aliphatic rings. The van der Waals surface area contributed by atoms with Gasteiger partial charge >= 0.3 is 0 Å². The summed E-state index contributed by atoms with van der Waals surface area (Å²) in [5.41, 5.74) is 5.70. The van der Waals surface area contributed by atoms with E-state index in [0.29, 0.717) is 19.0 Å². The summed E-state index contributed by atoms with van der Waals surface area (Å²) in [4.78, 5) is 2.05. The topological polar surface area (TPSA) is 63.4 Å². The predicted molar refractivity (Wildman–Crippen MR) is 64.6 cm³/mol. The molecule has 0 rings (SSSR count). The number of hydrogen-bond donors (Lipinski definition) is 1. The fraction of sp³-hybridized carbons (Fsp3) is 1.00. The molecule has 0 aliphatic heterocycles. The molecule has 0 fully saturated rings. The van der Waals surface area contributed by atoms with Crippen molar-refractivity contribution < 1.29 is 8.42 Å². The zero-order valence-corrected chi connectivity index (χ0v) is 11.0. The first kappa shape index (κ1) is 14.9. The van der Waals surface area contributed by atoms with E-state index < -0.39 is 9.84 Å². The van der Waals surface area contributed by atoms with Gasteiger partial charge in [-0.05, 0) is 13.0 Å². The smallest absolute Gasteiger partial charge is 0.148 e. The van der Waals surface area contributed by atoms with E-state index in [1.54, 1.807) is 0 Å². The van der Waals surface area contributed by atoms with Crippen LogP contribution in [-0.4, -0.2) is 51.5 Å². The van der Waals surface area contributed by atoms with Crippen molar-refractivity contribution in [2.75, 3.05) is 32.1 Å². The van der Waals surface area contributed by atoms with Crippen LogP contribution in [0.3, 0.4) is 0 Å². The van der Waals surface area contributed by atoms with Crippen LogP contribution in [0.4, 0.5) is 0 Å².